The van der Waals surface area contributed by atoms with Gasteiger partial charge in [-0.1, -0.05) is 12.1 Å². The number of primary amides is 1. The number of anilines is 1. The second kappa shape index (κ2) is 9.67. The summed E-state index contributed by atoms with van der Waals surface area (Å²) in [6.45, 7) is 3.09. The van der Waals surface area contributed by atoms with Crippen molar-refractivity contribution in [3.8, 4) is 22.8 Å². The zero-order chi connectivity index (χ0) is 24.4. The molecule has 1 saturated heterocycles. The number of piperidine rings is 1. The second-order valence-corrected chi connectivity index (χ2v) is 8.87. The van der Waals surface area contributed by atoms with Crippen LogP contribution in [0.3, 0.4) is 0 Å². The summed E-state index contributed by atoms with van der Waals surface area (Å²) in [5.74, 6) is 1.78. The first-order valence-corrected chi connectivity index (χ1v) is 11.6. The first-order valence-electron chi connectivity index (χ1n) is 11.6. The van der Waals surface area contributed by atoms with Crippen LogP contribution in [0, 0.1) is 0 Å². The minimum absolute atomic E-state index is 0.117. The lowest BCUT2D eigenvalue weighted by molar-refractivity contribution is 0.00264. The van der Waals surface area contributed by atoms with Gasteiger partial charge in [0.1, 0.15) is 6.33 Å². The van der Waals surface area contributed by atoms with Crippen molar-refractivity contribution in [2.24, 2.45) is 5.73 Å². The molecule has 2 aromatic carbocycles. The number of imidazole rings is 1. The Labute approximate surface area is 203 Å². The number of carbonyl (C=O) groups is 2. The van der Waals surface area contributed by atoms with Gasteiger partial charge in [0.2, 0.25) is 5.75 Å². The fraction of sp³-hybridized carbons (Fsp3) is 0.320. The number of benzene rings is 2. The van der Waals surface area contributed by atoms with Gasteiger partial charge in [0, 0.05) is 56.2 Å². The molecule has 2 aliphatic rings. The third-order valence-electron chi connectivity index (χ3n) is 6.52. The zero-order valence-corrected chi connectivity index (χ0v) is 19.6. The molecule has 1 aromatic heterocycles. The highest BCUT2D eigenvalue weighted by Crippen LogP contribution is 2.34. The van der Waals surface area contributed by atoms with Crippen molar-refractivity contribution in [3.05, 3.63) is 60.6 Å². The highest BCUT2D eigenvalue weighted by Gasteiger charge is 2.27. The first-order chi connectivity index (χ1) is 17.0. The van der Waals surface area contributed by atoms with Crippen molar-refractivity contribution in [2.75, 3.05) is 32.2 Å². The Balaban J connectivity index is 1.17. The molecule has 0 atom stereocenters. The minimum atomic E-state index is -0.632. The molecule has 0 radical (unpaired) electrons. The molecule has 0 saturated carbocycles. The molecule has 3 aromatic rings. The van der Waals surface area contributed by atoms with Crippen molar-refractivity contribution >= 4 is 17.7 Å². The predicted octanol–water partition coefficient (Wildman–Crippen LogP) is 3.20. The quantitative estimate of drug-likeness (QED) is 0.547. The summed E-state index contributed by atoms with van der Waals surface area (Å²) < 4.78 is 11.3. The zero-order valence-electron chi connectivity index (χ0n) is 19.6. The van der Waals surface area contributed by atoms with Crippen molar-refractivity contribution in [1.82, 2.24) is 19.4 Å². The van der Waals surface area contributed by atoms with Crippen LogP contribution in [0.4, 0.5) is 15.3 Å². The molecule has 3 amide bonds. The molecule has 1 fully saturated rings. The predicted molar refractivity (Wildman–Crippen MR) is 131 cm³/mol. The van der Waals surface area contributed by atoms with Crippen molar-refractivity contribution in [1.29, 1.82) is 0 Å². The van der Waals surface area contributed by atoms with Gasteiger partial charge >= 0.3 is 18.9 Å². The molecule has 0 bridgehead atoms. The lowest BCUT2D eigenvalue weighted by atomic mass is 10.0. The molecule has 4 N–H and O–H groups in total. The maximum atomic E-state index is 13.1. The van der Waals surface area contributed by atoms with E-state index in [1.54, 1.807) is 29.3 Å². The molecule has 10 nitrogen and oxygen atoms in total. The number of nitrogens with zero attached hydrogens (tertiary/aromatic N) is 4. The van der Waals surface area contributed by atoms with Gasteiger partial charge in [-0.2, -0.15) is 0 Å². The van der Waals surface area contributed by atoms with Gasteiger partial charge < -0.3 is 25.4 Å². The van der Waals surface area contributed by atoms with Gasteiger partial charge in [0.15, 0.2) is 0 Å². The number of nitrogens with two attached hydrogens (primary N) is 1. The molecule has 2 aliphatic heterocycles. The lowest BCUT2D eigenvalue weighted by Crippen LogP contribution is -2.46. The van der Waals surface area contributed by atoms with Crippen molar-refractivity contribution < 1.29 is 19.1 Å². The number of urea groups is 1. The normalized spacial score (nSPS) is 15.7. The summed E-state index contributed by atoms with van der Waals surface area (Å²) in [7, 11) is 1.85. The topological polar surface area (TPSA) is 119 Å². The average molecular weight is 478 g/mol. The molecule has 182 valence electrons. The van der Waals surface area contributed by atoms with Crippen LogP contribution in [0.5, 0.6) is 11.5 Å². The smallest absolute Gasteiger partial charge is 0.329 e. The van der Waals surface area contributed by atoms with E-state index in [0.717, 1.165) is 49.5 Å². The molecule has 3 heterocycles. The minimum Gasteiger partial charge on any atom is -0.551 e. The number of fused-ring (bicyclic) bond motifs is 1. The van der Waals surface area contributed by atoms with E-state index in [1.165, 1.54) is 16.5 Å². The maximum absolute atomic E-state index is 13.1. The van der Waals surface area contributed by atoms with Crippen LogP contribution >= 0.6 is 0 Å². The standard InChI is InChI=1S/C25H28N6O4/c1-29(20-7-9-30(10-8-20)13-17-5-6-22-23(11-17)35-16-34-22)25(33)31-14-21(27-15-31)18-3-2-4-19(12-18)28-24(26)32/h2-6,11-12,14-15,20H,7-10,13,16H2,1H3,(H3,26,28,32)/p+1. The molecule has 0 unspecified atom stereocenters. The van der Waals surface area contributed by atoms with E-state index in [-0.39, 0.29) is 12.1 Å². The molecule has 5 rings (SSSR count). The molecule has 10 heteroatoms. The molecule has 0 aliphatic carbocycles. The Hall–Kier alpha value is -4.05. The van der Waals surface area contributed by atoms with E-state index in [9.17, 15) is 9.59 Å². The van der Waals surface area contributed by atoms with Gasteiger partial charge in [0.25, 0.3) is 5.75 Å². The number of nitrogens with one attached hydrogen (secondary N) is 1. The third-order valence-corrected chi connectivity index (χ3v) is 6.52. The Morgan fingerprint density at radius 3 is 2.86 bits per heavy atom. The monoisotopic (exact) mass is 477 g/mol. The third kappa shape index (κ3) is 5.07. The Bertz CT molecular complexity index is 1230. The van der Waals surface area contributed by atoms with Crippen molar-refractivity contribution in [2.45, 2.75) is 25.4 Å². The van der Waals surface area contributed by atoms with Crippen LogP contribution < -0.4 is 15.8 Å². The summed E-state index contributed by atoms with van der Waals surface area (Å²) in [5.41, 5.74) is 8.40. The van der Waals surface area contributed by atoms with Crippen LogP contribution in [-0.4, -0.2) is 69.1 Å². The number of aliphatic hydroxyl groups is 1. The number of aromatic hydroxyl groups is 1. The number of carbonyl (C=O) groups excluding carboxylic acids is 2. The SMILES string of the molecule is CN(C(=O)n1cnc(-c2cccc(NC(N)=O)c2)c1)C1CCN(Cc2ccc3c(c2)OC[OH+]3)CC1. The van der Waals surface area contributed by atoms with E-state index >= 15 is 0 Å². The van der Waals surface area contributed by atoms with Crippen LogP contribution in [0.25, 0.3) is 11.3 Å². The van der Waals surface area contributed by atoms with Crippen LogP contribution in [-0.2, 0) is 6.54 Å². The number of hydrogen-bond donors (Lipinski definition) is 2. The second-order valence-electron chi connectivity index (χ2n) is 8.87. The summed E-state index contributed by atoms with van der Waals surface area (Å²) in [5, 5.41) is 2.55. The number of hydrogen-bond acceptors (Lipinski definition) is 5. The van der Waals surface area contributed by atoms with Gasteiger partial charge in [-0.25, -0.2) is 14.6 Å². The molecular formula is C25H29N6O4+. The van der Waals surface area contributed by atoms with Crippen LogP contribution in [0.1, 0.15) is 18.4 Å². The van der Waals surface area contributed by atoms with Crippen LogP contribution in [0.15, 0.2) is 55.0 Å². The number of rotatable bonds is 5. The summed E-state index contributed by atoms with van der Waals surface area (Å²) >= 11 is 0. The van der Waals surface area contributed by atoms with E-state index in [0.29, 0.717) is 18.2 Å². The van der Waals surface area contributed by atoms with Gasteiger partial charge in [-0.05, 0) is 42.7 Å². The van der Waals surface area contributed by atoms with Gasteiger partial charge in [-0.15, -0.1) is 0 Å². The Morgan fingerprint density at radius 1 is 1.23 bits per heavy atom. The average Bonchev–Trinajstić information content (AvgIpc) is 3.53. The van der Waals surface area contributed by atoms with E-state index in [1.807, 2.05) is 19.2 Å². The number of amides is 3. The highest BCUT2D eigenvalue weighted by molar-refractivity contribution is 5.88. The van der Waals surface area contributed by atoms with Crippen molar-refractivity contribution in [3.63, 3.8) is 0 Å². The fourth-order valence-electron chi connectivity index (χ4n) is 4.61. The van der Waals surface area contributed by atoms with Gasteiger partial charge in [-0.3, -0.25) is 9.47 Å². The fourth-order valence-corrected chi connectivity index (χ4v) is 4.61. The summed E-state index contributed by atoms with van der Waals surface area (Å²) in [6, 6.07) is 12.8. The molecule has 35 heavy (non-hydrogen) atoms. The lowest BCUT2D eigenvalue weighted by Gasteiger charge is -2.36. The van der Waals surface area contributed by atoms with Crippen LogP contribution in [0.2, 0.25) is 0 Å². The Kier molecular flexibility index (Phi) is 6.28. The van der Waals surface area contributed by atoms with E-state index < -0.39 is 6.03 Å². The van der Waals surface area contributed by atoms with Gasteiger partial charge in [0.05, 0.1) is 5.69 Å². The highest BCUT2D eigenvalue weighted by atomic mass is 16.7. The molecular weight excluding hydrogens is 448 g/mol. The number of aromatic nitrogens is 2. The largest absolute Gasteiger partial charge is 0.551 e. The Morgan fingerprint density at radius 2 is 2.06 bits per heavy atom. The van der Waals surface area contributed by atoms with E-state index in [4.69, 9.17) is 10.5 Å². The summed E-state index contributed by atoms with van der Waals surface area (Å²) in [6.07, 6.45) is 5.04. The first kappa shape index (κ1) is 22.7. The number of likely N-dealkylation sites (tertiary alicyclic amines) is 1. The van der Waals surface area contributed by atoms with E-state index in [2.05, 4.69) is 32.1 Å². The number of ether oxygens (including phenoxy) is 2. The molecule has 0 spiro atoms. The maximum Gasteiger partial charge on any atom is 0.329 e. The summed E-state index contributed by atoms with van der Waals surface area (Å²) in [4.78, 5) is 32.8.